The minimum atomic E-state index is -0.554. The second kappa shape index (κ2) is 6.49. The van der Waals surface area contributed by atoms with Crippen molar-refractivity contribution >= 4 is 22.6 Å². The first-order chi connectivity index (χ1) is 12.5. The van der Waals surface area contributed by atoms with Gasteiger partial charge in [-0.3, -0.25) is 4.79 Å². The number of halogens is 2. The number of fused-ring (bicyclic) bond motifs is 1. The fraction of sp³-hybridized carbons (Fsp3) is 0.263. The highest BCUT2D eigenvalue weighted by Gasteiger charge is 2.28. The van der Waals surface area contributed by atoms with Gasteiger partial charge in [0.15, 0.2) is 0 Å². The van der Waals surface area contributed by atoms with Crippen LogP contribution in [0.25, 0.3) is 22.4 Å². The van der Waals surface area contributed by atoms with Crippen molar-refractivity contribution in [1.82, 2.24) is 15.3 Å². The van der Waals surface area contributed by atoms with Crippen LogP contribution in [0.2, 0.25) is 0 Å². The van der Waals surface area contributed by atoms with Gasteiger partial charge in [0.05, 0.1) is 16.6 Å². The van der Waals surface area contributed by atoms with Crippen molar-refractivity contribution in [2.45, 2.75) is 6.92 Å². The fourth-order valence-corrected chi connectivity index (χ4v) is 3.03. The number of hydrogen-bond acceptors (Lipinski definition) is 3. The lowest BCUT2D eigenvalue weighted by molar-refractivity contribution is -0.121. The number of anilines is 1. The van der Waals surface area contributed by atoms with E-state index >= 15 is 0 Å². The van der Waals surface area contributed by atoms with Gasteiger partial charge in [0.1, 0.15) is 17.5 Å². The van der Waals surface area contributed by atoms with Crippen molar-refractivity contribution < 1.29 is 13.6 Å². The molecule has 3 aromatic rings. The van der Waals surface area contributed by atoms with Crippen LogP contribution in [-0.2, 0) is 4.79 Å². The van der Waals surface area contributed by atoms with Crippen molar-refractivity contribution in [3.63, 3.8) is 0 Å². The van der Waals surface area contributed by atoms with Crippen LogP contribution in [0, 0.1) is 23.5 Å². The zero-order chi connectivity index (χ0) is 18.3. The van der Waals surface area contributed by atoms with Crippen molar-refractivity contribution in [2.24, 2.45) is 11.8 Å². The number of H-pyrrole nitrogens is 1. The Morgan fingerprint density at radius 1 is 1.23 bits per heavy atom. The van der Waals surface area contributed by atoms with Crippen LogP contribution in [-0.4, -0.2) is 29.0 Å². The van der Waals surface area contributed by atoms with Gasteiger partial charge < -0.3 is 15.6 Å². The van der Waals surface area contributed by atoms with Crippen LogP contribution in [0.4, 0.5) is 14.5 Å². The quantitative estimate of drug-likeness (QED) is 0.672. The Balaban J connectivity index is 1.59. The molecule has 2 aromatic carbocycles. The second-order valence-corrected chi connectivity index (χ2v) is 6.64. The number of rotatable bonds is 4. The van der Waals surface area contributed by atoms with Crippen LogP contribution in [0.3, 0.4) is 0 Å². The first kappa shape index (κ1) is 16.7. The first-order valence-electron chi connectivity index (χ1n) is 8.48. The standard InChI is InChI=1S/C19H18F2N4O/c1-10(11-8-22-9-11)19(26)23-13-3-5-16-17(7-13)25-18(24-16)14-6-12(20)2-4-15(14)21/h2-7,10-11,22H,8-9H2,1H3,(H,23,26)(H,24,25). The van der Waals surface area contributed by atoms with Crippen molar-refractivity contribution in [2.75, 3.05) is 18.4 Å². The van der Waals surface area contributed by atoms with E-state index in [4.69, 9.17) is 0 Å². The maximum atomic E-state index is 13.9. The van der Waals surface area contributed by atoms with Crippen LogP contribution in [0.5, 0.6) is 0 Å². The Labute approximate surface area is 148 Å². The summed E-state index contributed by atoms with van der Waals surface area (Å²) in [5, 5.41) is 6.07. The normalized spacial score (nSPS) is 15.7. The molecule has 1 aromatic heterocycles. The number of carbonyl (C=O) groups excluding carboxylic acids is 1. The second-order valence-electron chi connectivity index (χ2n) is 6.64. The molecule has 1 amide bonds. The van der Waals surface area contributed by atoms with Gasteiger partial charge in [-0.15, -0.1) is 0 Å². The highest BCUT2D eigenvalue weighted by atomic mass is 19.1. The van der Waals surface area contributed by atoms with E-state index in [0.29, 0.717) is 22.6 Å². The van der Waals surface area contributed by atoms with Gasteiger partial charge >= 0.3 is 0 Å². The number of imidazole rings is 1. The molecule has 4 rings (SSSR count). The molecule has 1 atom stereocenters. The van der Waals surface area contributed by atoms with Crippen LogP contribution in [0.1, 0.15) is 6.92 Å². The Hall–Kier alpha value is -2.80. The molecule has 0 bridgehead atoms. The third kappa shape index (κ3) is 3.06. The van der Waals surface area contributed by atoms with Gasteiger partial charge in [-0.25, -0.2) is 13.8 Å². The number of benzene rings is 2. The minimum Gasteiger partial charge on any atom is -0.338 e. The Bertz CT molecular complexity index is 981. The van der Waals surface area contributed by atoms with Crippen LogP contribution >= 0.6 is 0 Å². The molecule has 134 valence electrons. The molecule has 1 unspecified atom stereocenters. The third-order valence-electron chi connectivity index (χ3n) is 4.87. The third-order valence-corrected chi connectivity index (χ3v) is 4.87. The topological polar surface area (TPSA) is 69.8 Å². The molecule has 1 aliphatic rings. The number of aromatic nitrogens is 2. The summed E-state index contributed by atoms with van der Waals surface area (Å²) < 4.78 is 27.4. The van der Waals surface area contributed by atoms with E-state index in [0.717, 1.165) is 31.3 Å². The van der Waals surface area contributed by atoms with Crippen molar-refractivity contribution in [3.8, 4) is 11.4 Å². The molecule has 2 heterocycles. The number of hydrogen-bond donors (Lipinski definition) is 3. The largest absolute Gasteiger partial charge is 0.338 e. The lowest BCUT2D eigenvalue weighted by Gasteiger charge is -2.31. The number of nitrogens with one attached hydrogen (secondary N) is 3. The molecule has 3 N–H and O–H groups in total. The highest BCUT2D eigenvalue weighted by molar-refractivity contribution is 5.95. The van der Waals surface area contributed by atoms with Crippen molar-refractivity contribution in [3.05, 3.63) is 48.0 Å². The predicted octanol–water partition coefficient (Wildman–Crippen LogP) is 3.30. The molecule has 0 aliphatic carbocycles. The van der Waals surface area contributed by atoms with Gasteiger partial charge in [0, 0.05) is 11.6 Å². The summed E-state index contributed by atoms with van der Waals surface area (Å²) in [5.41, 5.74) is 1.95. The lowest BCUT2D eigenvalue weighted by Crippen LogP contribution is -2.48. The number of nitrogens with zero attached hydrogens (tertiary/aromatic N) is 1. The first-order valence-corrected chi connectivity index (χ1v) is 8.48. The fourth-order valence-electron chi connectivity index (χ4n) is 3.03. The maximum absolute atomic E-state index is 13.9. The average Bonchev–Trinajstić information content (AvgIpc) is 2.98. The highest BCUT2D eigenvalue weighted by Crippen LogP contribution is 2.26. The summed E-state index contributed by atoms with van der Waals surface area (Å²) in [7, 11) is 0. The molecular weight excluding hydrogens is 338 g/mol. The molecule has 1 aliphatic heterocycles. The van der Waals surface area contributed by atoms with E-state index in [-0.39, 0.29) is 23.2 Å². The van der Waals surface area contributed by atoms with Gasteiger partial charge in [-0.1, -0.05) is 6.92 Å². The zero-order valence-corrected chi connectivity index (χ0v) is 14.1. The molecule has 7 heteroatoms. The summed E-state index contributed by atoms with van der Waals surface area (Å²) in [6.07, 6.45) is 0. The molecular formula is C19H18F2N4O. The zero-order valence-electron chi connectivity index (χ0n) is 14.1. The Kier molecular flexibility index (Phi) is 4.16. The van der Waals surface area contributed by atoms with E-state index in [9.17, 15) is 13.6 Å². The Morgan fingerprint density at radius 2 is 2.04 bits per heavy atom. The van der Waals surface area contributed by atoms with Gasteiger partial charge in [-0.2, -0.15) is 0 Å². The number of aromatic amines is 1. The summed E-state index contributed by atoms with van der Waals surface area (Å²) >= 11 is 0. The Morgan fingerprint density at radius 3 is 2.77 bits per heavy atom. The molecule has 0 radical (unpaired) electrons. The van der Waals surface area contributed by atoms with Crippen LogP contribution in [0.15, 0.2) is 36.4 Å². The maximum Gasteiger partial charge on any atom is 0.227 e. The lowest BCUT2D eigenvalue weighted by atomic mass is 9.88. The van der Waals surface area contributed by atoms with E-state index in [1.807, 2.05) is 6.92 Å². The molecule has 0 spiro atoms. The molecule has 1 saturated heterocycles. The number of carbonyl (C=O) groups is 1. The van der Waals surface area contributed by atoms with Crippen LogP contribution < -0.4 is 10.6 Å². The smallest absolute Gasteiger partial charge is 0.227 e. The minimum absolute atomic E-state index is 0.0354. The molecule has 0 saturated carbocycles. The molecule has 26 heavy (non-hydrogen) atoms. The monoisotopic (exact) mass is 356 g/mol. The molecule has 1 fully saturated rings. The van der Waals surface area contributed by atoms with Gasteiger partial charge in [0.25, 0.3) is 0 Å². The summed E-state index contributed by atoms with van der Waals surface area (Å²) in [6.45, 7) is 3.63. The van der Waals surface area contributed by atoms with E-state index in [1.165, 1.54) is 0 Å². The SMILES string of the molecule is CC(C(=O)Nc1ccc2nc(-c3cc(F)ccc3F)[nH]c2c1)C1CNC1. The van der Waals surface area contributed by atoms with E-state index in [1.54, 1.807) is 18.2 Å². The van der Waals surface area contributed by atoms with Gasteiger partial charge in [-0.05, 0) is 55.4 Å². The average molecular weight is 356 g/mol. The predicted molar refractivity (Wildman–Crippen MR) is 95.6 cm³/mol. The summed E-state index contributed by atoms with van der Waals surface area (Å²) in [6, 6.07) is 8.46. The number of amides is 1. The van der Waals surface area contributed by atoms with Crippen molar-refractivity contribution in [1.29, 1.82) is 0 Å². The molecule has 5 nitrogen and oxygen atoms in total. The van der Waals surface area contributed by atoms with Gasteiger partial charge in [0.2, 0.25) is 5.91 Å². The summed E-state index contributed by atoms with van der Waals surface area (Å²) in [4.78, 5) is 19.6. The van der Waals surface area contributed by atoms with E-state index in [2.05, 4.69) is 20.6 Å². The van der Waals surface area contributed by atoms with E-state index < -0.39 is 11.6 Å². The summed E-state index contributed by atoms with van der Waals surface area (Å²) in [5.74, 6) is -0.601.